The standard InChI is InChI=1S/C21H35FOS/c22-21-15-11-14-20(19-21)13-9-7-5-3-1-2-4-6-8-10-17-24-18-12-16-23/h11,14-15,19,23H,1-10,12-13,16-18H2. The summed E-state index contributed by atoms with van der Waals surface area (Å²) < 4.78 is 13.1. The number of thioether (sulfide) groups is 1. The Morgan fingerprint density at radius 3 is 1.96 bits per heavy atom. The van der Waals surface area contributed by atoms with Crippen molar-refractivity contribution in [3.05, 3.63) is 35.6 Å². The lowest BCUT2D eigenvalue weighted by atomic mass is 10.0. The maximum absolute atomic E-state index is 13.1. The van der Waals surface area contributed by atoms with Gasteiger partial charge in [-0.3, -0.25) is 0 Å². The second-order valence-electron chi connectivity index (χ2n) is 6.60. The number of benzene rings is 1. The number of halogens is 1. The highest BCUT2D eigenvalue weighted by molar-refractivity contribution is 7.99. The van der Waals surface area contributed by atoms with Crippen molar-refractivity contribution in [3.63, 3.8) is 0 Å². The maximum atomic E-state index is 13.1. The fraction of sp³-hybridized carbons (Fsp3) is 0.714. The van der Waals surface area contributed by atoms with Crippen molar-refractivity contribution in [1.82, 2.24) is 0 Å². The number of unbranched alkanes of at least 4 members (excludes halogenated alkanes) is 9. The molecule has 0 aliphatic rings. The molecule has 1 aromatic rings. The normalized spacial score (nSPS) is 11.1. The fourth-order valence-electron chi connectivity index (χ4n) is 2.91. The summed E-state index contributed by atoms with van der Waals surface area (Å²) in [6.45, 7) is 0.331. The molecule has 0 aliphatic carbocycles. The molecule has 0 amide bonds. The van der Waals surface area contributed by atoms with Crippen LogP contribution in [-0.2, 0) is 6.42 Å². The van der Waals surface area contributed by atoms with E-state index in [0.29, 0.717) is 6.61 Å². The van der Waals surface area contributed by atoms with Crippen LogP contribution in [-0.4, -0.2) is 23.2 Å². The molecule has 1 aromatic carbocycles. The van der Waals surface area contributed by atoms with E-state index < -0.39 is 0 Å². The highest BCUT2D eigenvalue weighted by Gasteiger charge is 1.97. The topological polar surface area (TPSA) is 20.2 Å². The van der Waals surface area contributed by atoms with Gasteiger partial charge in [-0.2, -0.15) is 11.8 Å². The number of hydrogen-bond donors (Lipinski definition) is 1. The van der Waals surface area contributed by atoms with E-state index in [9.17, 15) is 4.39 Å². The molecule has 24 heavy (non-hydrogen) atoms. The van der Waals surface area contributed by atoms with Crippen molar-refractivity contribution in [3.8, 4) is 0 Å². The van der Waals surface area contributed by atoms with E-state index in [0.717, 1.165) is 24.2 Å². The Morgan fingerprint density at radius 2 is 1.33 bits per heavy atom. The van der Waals surface area contributed by atoms with Crippen LogP contribution in [0.25, 0.3) is 0 Å². The van der Waals surface area contributed by atoms with E-state index in [4.69, 9.17) is 5.11 Å². The molecule has 1 nitrogen and oxygen atoms in total. The molecule has 0 spiro atoms. The van der Waals surface area contributed by atoms with Gasteiger partial charge in [0.05, 0.1) is 0 Å². The smallest absolute Gasteiger partial charge is 0.123 e. The molecule has 0 bridgehead atoms. The number of aliphatic hydroxyl groups is 1. The van der Waals surface area contributed by atoms with Crippen molar-refractivity contribution in [2.45, 2.75) is 77.0 Å². The van der Waals surface area contributed by atoms with E-state index in [1.807, 2.05) is 17.8 Å². The van der Waals surface area contributed by atoms with Crippen LogP contribution >= 0.6 is 11.8 Å². The van der Waals surface area contributed by atoms with Crippen LogP contribution in [0.4, 0.5) is 4.39 Å². The number of hydrogen-bond acceptors (Lipinski definition) is 2. The summed E-state index contributed by atoms with van der Waals surface area (Å²) >= 11 is 1.98. The molecule has 0 saturated carbocycles. The van der Waals surface area contributed by atoms with Crippen LogP contribution in [0.15, 0.2) is 24.3 Å². The van der Waals surface area contributed by atoms with Gasteiger partial charge in [0.2, 0.25) is 0 Å². The van der Waals surface area contributed by atoms with Gasteiger partial charge in [0.15, 0.2) is 0 Å². The van der Waals surface area contributed by atoms with E-state index >= 15 is 0 Å². The minimum Gasteiger partial charge on any atom is -0.396 e. The van der Waals surface area contributed by atoms with E-state index in [-0.39, 0.29) is 5.82 Å². The lowest BCUT2D eigenvalue weighted by molar-refractivity contribution is 0.296. The highest BCUT2D eigenvalue weighted by atomic mass is 32.2. The predicted molar refractivity (Wildman–Crippen MR) is 105 cm³/mol. The van der Waals surface area contributed by atoms with Gasteiger partial charge in [-0.25, -0.2) is 4.39 Å². The van der Waals surface area contributed by atoms with Crippen molar-refractivity contribution in [2.75, 3.05) is 18.1 Å². The van der Waals surface area contributed by atoms with Gasteiger partial charge in [0.1, 0.15) is 5.82 Å². The zero-order valence-corrected chi connectivity index (χ0v) is 16.0. The zero-order valence-electron chi connectivity index (χ0n) is 15.1. The summed E-state index contributed by atoms with van der Waals surface area (Å²) in [5, 5.41) is 8.69. The van der Waals surface area contributed by atoms with Crippen molar-refractivity contribution in [1.29, 1.82) is 0 Å². The quantitative estimate of drug-likeness (QED) is 0.347. The van der Waals surface area contributed by atoms with E-state index in [1.54, 1.807) is 12.1 Å². The zero-order chi connectivity index (χ0) is 17.3. The van der Waals surface area contributed by atoms with Crippen LogP contribution in [0.3, 0.4) is 0 Å². The Bertz CT molecular complexity index is 397. The summed E-state index contributed by atoms with van der Waals surface area (Å²) in [5.74, 6) is 2.25. The minimum atomic E-state index is -0.115. The number of aliphatic hydroxyl groups excluding tert-OH is 1. The van der Waals surface area contributed by atoms with E-state index in [1.165, 1.54) is 76.0 Å². The first-order valence-electron chi connectivity index (χ1n) is 9.76. The van der Waals surface area contributed by atoms with E-state index in [2.05, 4.69) is 0 Å². The highest BCUT2D eigenvalue weighted by Crippen LogP contribution is 2.14. The Kier molecular flexibility index (Phi) is 14.3. The summed E-state index contributed by atoms with van der Waals surface area (Å²) in [6.07, 6.45) is 15.2. The third kappa shape index (κ3) is 12.8. The molecule has 0 heterocycles. The molecule has 1 N–H and O–H groups in total. The first kappa shape index (κ1) is 21.5. The molecule has 0 aliphatic heterocycles. The molecule has 1 rings (SSSR count). The van der Waals surface area contributed by atoms with Gasteiger partial charge in [-0.05, 0) is 54.9 Å². The van der Waals surface area contributed by atoms with Crippen LogP contribution in [0, 0.1) is 5.82 Å². The molecule has 3 heteroatoms. The minimum absolute atomic E-state index is 0.115. The molecular weight excluding hydrogens is 319 g/mol. The van der Waals surface area contributed by atoms with Crippen LogP contribution in [0.5, 0.6) is 0 Å². The molecule has 0 unspecified atom stereocenters. The van der Waals surface area contributed by atoms with Crippen LogP contribution < -0.4 is 0 Å². The number of aryl methyl sites for hydroxylation is 1. The van der Waals surface area contributed by atoms with Gasteiger partial charge >= 0.3 is 0 Å². The summed E-state index contributed by atoms with van der Waals surface area (Å²) in [7, 11) is 0. The third-order valence-corrected chi connectivity index (χ3v) is 5.49. The second-order valence-corrected chi connectivity index (χ2v) is 7.83. The molecule has 0 radical (unpaired) electrons. The van der Waals surface area contributed by atoms with Crippen molar-refractivity contribution in [2.24, 2.45) is 0 Å². The SMILES string of the molecule is OCCCSCCCCCCCCCCCCc1cccc(F)c1. The Balaban J connectivity index is 1.76. The van der Waals surface area contributed by atoms with Crippen molar-refractivity contribution >= 4 is 11.8 Å². The van der Waals surface area contributed by atoms with Gasteiger partial charge in [0.25, 0.3) is 0 Å². The fourth-order valence-corrected chi connectivity index (χ4v) is 3.85. The van der Waals surface area contributed by atoms with Gasteiger partial charge in [-0.15, -0.1) is 0 Å². The Morgan fingerprint density at radius 1 is 0.750 bits per heavy atom. The molecule has 138 valence electrons. The summed E-state index contributed by atoms with van der Waals surface area (Å²) in [4.78, 5) is 0. The average Bonchev–Trinajstić information content (AvgIpc) is 2.58. The third-order valence-electron chi connectivity index (χ3n) is 4.34. The van der Waals surface area contributed by atoms with Crippen LogP contribution in [0.2, 0.25) is 0 Å². The first-order valence-corrected chi connectivity index (χ1v) is 10.9. The monoisotopic (exact) mass is 354 g/mol. The molecular formula is C21H35FOS. The summed E-state index contributed by atoms with van der Waals surface area (Å²) in [6, 6.07) is 7.00. The average molecular weight is 355 g/mol. The Labute approximate surface area is 152 Å². The van der Waals surface area contributed by atoms with Gasteiger partial charge in [0, 0.05) is 6.61 Å². The van der Waals surface area contributed by atoms with Gasteiger partial charge in [-0.1, -0.05) is 63.5 Å². The first-order chi connectivity index (χ1) is 11.8. The molecule has 0 saturated heterocycles. The Hall–Kier alpha value is -0.540. The lowest BCUT2D eigenvalue weighted by Gasteiger charge is -2.04. The number of rotatable bonds is 16. The largest absolute Gasteiger partial charge is 0.396 e. The predicted octanol–water partition coefficient (Wildman–Crippen LogP) is 6.38. The molecule has 0 atom stereocenters. The van der Waals surface area contributed by atoms with Gasteiger partial charge < -0.3 is 5.11 Å². The summed E-state index contributed by atoms with van der Waals surface area (Å²) in [5.41, 5.74) is 1.13. The molecule has 0 aromatic heterocycles. The molecule has 0 fully saturated rings. The second kappa shape index (κ2) is 16.0. The maximum Gasteiger partial charge on any atom is 0.123 e. The lowest BCUT2D eigenvalue weighted by Crippen LogP contribution is -1.89. The van der Waals surface area contributed by atoms with Crippen LogP contribution in [0.1, 0.15) is 76.2 Å². The van der Waals surface area contributed by atoms with Crippen molar-refractivity contribution < 1.29 is 9.50 Å².